The van der Waals surface area contributed by atoms with Gasteiger partial charge in [0.2, 0.25) is 0 Å². The number of hydrogen-bond acceptors (Lipinski definition) is 5. The standard InChI is InChI=1S/C23H22N2O4/c1-3-28-23-14-19(15-24-21-7-5-4-6-17(21)2)10-13-22(23)29-16-18-8-11-20(12-9-18)25(26)27/h4-15H,3,16H2,1-2H3. The first kappa shape index (κ1) is 20.1. The molecule has 0 bridgehead atoms. The van der Waals surface area contributed by atoms with E-state index in [1.54, 1.807) is 18.3 Å². The molecule has 3 rings (SSSR count). The van der Waals surface area contributed by atoms with Crippen molar-refractivity contribution in [2.45, 2.75) is 20.5 Å². The molecule has 0 atom stereocenters. The molecule has 3 aromatic rings. The monoisotopic (exact) mass is 390 g/mol. The fraction of sp³-hybridized carbons (Fsp3) is 0.174. The largest absolute Gasteiger partial charge is 0.490 e. The van der Waals surface area contributed by atoms with E-state index in [0.29, 0.717) is 18.1 Å². The lowest BCUT2D eigenvalue weighted by molar-refractivity contribution is -0.384. The van der Waals surface area contributed by atoms with Crippen LogP contribution in [0.5, 0.6) is 11.5 Å². The zero-order valence-electron chi connectivity index (χ0n) is 16.4. The van der Waals surface area contributed by atoms with E-state index in [-0.39, 0.29) is 12.3 Å². The number of hydrogen-bond donors (Lipinski definition) is 0. The van der Waals surface area contributed by atoms with E-state index in [0.717, 1.165) is 22.4 Å². The molecule has 0 aromatic heterocycles. The fourth-order valence-corrected chi connectivity index (χ4v) is 2.72. The molecule has 0 heterocycles. The SMILES string of the molecule is CCOc1cc(C=Nc2ccccc2C)ccc1OCc1ccc([N+](=O)[O-])cc1. The molecule has 148 valence electrons. The van der Waals surface area contributed by atoms with Gasteiger partial charge in [-0.15, -0.1) is 0 Å². The fourth-order valence-electron chi connectivity index (χ4n) is 2.72. The van der Waals surface area contributed by atoms with Gasteiger partial charge in [-0.3, -0.25) is 15.1 Å². The molecule has 0 aliphatic heterocycles. The third-order valence-corrected chi connectivity index (χ3v) is 4.28. The van der Waals surface area contributed by atoms with E-state index in [9.17, 15) is 10.1 Å². The average molecular weight is 390 g/mol. The summed E-state index contributed by atoms with van der Waals surface area (Å²) in [6.07, 6.45) is 1.80. The number of ether oxygens (including phenoxy) is 2. The number of non-ortho nitro benzene ring substituents is 1. The van der Waals surface area contributed by atoms with Gasteiger partial charge >= 0.3 is 0 Å². The van der Waals surface area contributed by atoms with Crippen molar-refractivity contribution >= 4 is 17.6 Å². The average Bonchev–Trinajstić information content (AvgIpc) is 2.73. The van der Waals surface area contributed by atoms with Gasteiger partial charge in [-0.1, -0.05) is 18.2 Å². The van der Waals surface area contributed by atoms with E-state index in [4.69, 9.17) is 9.47 Å². The van der Waals surface area contributed by atoms with Crippen molar-refractivity contribution in [3.8, 4) is 11.5 Å². The van der Waals surface area contributed by atoms with Crippen LogP contribution in [0.15, 0.2) is 71.7 Å². The Morgan fingerprint density at radius 1 is 1.00 bits per heavy atom. The highest BCUT2D eigenvalue weighted by Gasteiger charge is 2.08. The summed E-state index contributed by atoms with van der Waals surface area (Å²) in [6, 6.07) is 19.9. The third kappa shape index (κ3) is 5.42. The summed E-state index contributed by atoms with van der Waals surface area (Å²) in [5.74, 6) is 1.24. The third-order valence-electron chi connectivity index (χ3n) is 4.28. The lowest BCUT2D eigenvalue weighted by atomic mass is 10.2. The van der Waals surface area contributed by atoms with Gasteiger partial charge in [0.15, 0.2) is 11.5 Å². The van der Waals surface area contributed by atoms with Crippen LogP contribution in [0.3, 0.4) is 0 Å². The van der Waals surface area contributed by atoms with E-state index in [1.165, 1.54) is 12.1 Å². The number of para-hydroxylation sites is 1. The van der Waals surface area contributed by atoms with Gasteiger partial charge in [-0.05, 0) is 66.9 Å². The van der Waals surface area contributed by atoms with Gasteiger partial charge < -0.3 is 9.47 Å². The van der Waals surface area contributed by atoms with Crippen molar-refractivity contribution in [1.82, 2.24) is 0 Å². The highest BCUT2D eigenvalue weighted by Crippen LogP contribution is 2.29. The number of nitro groups is 1. The van der Waals surface area contributed by atoms with Crippen LogP contribution in [0.4, 0.5) is 11.4 Å². The van der Waals surface area contributed by atoms with E-state index < -0.39 is 4.92 Å². The minimum absolute atomic E-state index is 0.0565. The maximum Gasteiger partial charge on any atom is 0.269 e. The highest BCUT2D eigenvalue weighted by atomic mass is 16.6. The van der Waals surface area contributed by atoms with Crippen LogP contribution in [0, 0.1) is 17.0 Å². The van der Waals surface area contributed by atoms with Crippen molar-refractivity contribution in [2.24, 2.45) is 4.99 Å². The number of rotatable bonds is 8. The van der Waals surface area contributed by atoms with Crippen LogP contribution in [-0.2, 0) is 6.61 Å². The molecule has 0 aliphatic carbocycles. The molecule has 0 saturated carbocycles. The smallest absolute Gasteiger partial charge is 0.269 e. The van der Waals surface area contributed by atoms with Gasteiger partial charge in [-0.2, -0.15) is 0 Å². The second-order valence-electron chi connectivity index (χ2n) is 6.40. The first-order valence-electron chi connectivity index (χ1n) is 9.29. The summed E-state index contributed by atoms with van der Waals surface area (Å²) in [4.78, 5) is 14.9. The molecule has 0 saturated heterocycles. The normalized spacial score (nSPS) is 10.8. The van der Waals surface area contributed by atoms with Gasteiger partial charge in [-0.25, -0.2) is 0 Å². The van der Waals surface area contributed by atoms with Crippen molar-refractivity contribution < 1.29 is 14.4 Å². The van der Waals surface area contributed by atoms with Crippen LogP contribution < -0.4 is 9.47 Å². The summed E-state index contributed by atoms with van der Waals surface area (Å²) in [5.41, 5.74) is 3.82. The maximum atomic E-state index is 10.7. The molecule has 0 radical (unpaired) electrons. The Morgan fingerprint density at radius 3 is 2.45 bits per heavy atom. The summed E-state index contributed by atoms with van der Waals surface area (Å²) < 4.78 is 11.6. The molecule has 6 nitrogen and oxygen atoms in total. The molecular weight excluding hydrogens is 368 g/mol. The van der Waals surface area contributed by atoms with Crippen LogP contribution in [0.2, 0.25) is 0 Å². The number of benzene rings is 3. The predicted octanol–water partition coefficient (Wildman–Crippen LogP) is 5.63. The lowest BCUT2D eigenvalue weighted by Gasteiger charge is -2.12. The van der Waals surface area contributed by atoms with Gasteiger partial charge in [0.1, 0.15) is 6.61 Å². The number of nitrogens with zero attached hydrogens (tertiary/aromatic N) is 2. The van der Waals surface area contributed by atoms with E-state index >= 15 is 0 Å². The van der Waals surface area contributed by atoms with Crippen LogP contribution in [0.25, 0.3) is 0 Å². The van der Waals surface area contributed by atoms with Crippen LogP contribution in [0.1, 0.15) is 23.6 Å². The zero-order chi connectivity index (χ0) is 20.6. The second kappa shape index (κ2) is 9.50. The molecular formula is C23H22N2O4. The first-order chi connectivity index (χ1) is 14.1. The topological polar surface area (TPSA) is 74.0 Å². The molecule has 0 N–H and O–H groups in total. The number of aryl methyl sites for hydroxylation is 1. The summed E-state index contributed by atoms with van der Waals surface area (Å²) >= 11 is 0. The Labute approximate surface area is 169 Å². The van der Waals surface area contributed by atoms with Crippen molar-refractivity contribution in [1.29, 1.82) is 0 Å². The molecule has 3 aromatic carbocycles. The quantitative estimate of drug-likeness (QED) is 0.284. The number of aliphatic imine (C=N–C) groups is 1. The Kier molecular flexibility index (Phi) is 6.58. The Hall–Kier alpha value is -3.67. The molecule has 29 heavy (non-hydrogen) atoms. The zero-order valence-corrected chi connectivity index (χ0v) is 16.4. The molecule has 0 unspecified atom stereocenters. The van der Waals surface area contributed by atoms with Crippen LogP contribution in [-0.4, -0.2) is 17.7 Å². The minimum atomic E-state index is -0.422. The highest BCUT2D eigenvalue weighted by molar-refractivity contribution is 5.83. The molecule has 6 heteroatoms. The van der Waals surface area contributed by atoms with E-state index in [2.05, 4.69) is 4.99 Å². The van der Waals surface area contributed by atoms with Crippen molar-refractivity contribution in [3.63, 3.8) is 0 Å². The summed E-state index contributed by atoms with van der Waals surface area (Å²) in [6.45, 7) is 4.72. The van der Waals surface area contributed by atoms with Gasteiger partial charge in [0, 0.05) is 18.3 Å². The van der Waals surface area contributed by atoms with Crippen LogP contribution >= 0.6 is 0 Å². The maximum absolute atomic E-state index is 10.7. The van der Waals surface area contributed by atoms with Crippen molar-refractivity contribution in [2.75, 3.05) is 6.61 Å². The predicted molar refractivity (Wildman–Crippen MR) is 113 cm³/mol. The Morgan fingerprint density at radius 2 is 1.76 bits per heavy atom. The second-order valence-corrected chi connectivity index (χ2v) is 6.40. The lowest BCUT2D eigenvalue weighted by Crippen LogP contribution is -2.00. The molecule has 0 spiro atoms. The molecule has 0 amide bonds. The van der Waals surface area contributed by atoms with Crippen molar-refractivity contribution in [3.05, 3.63) is 93.5 Å². The summed E-state index contributed by atoms with van der Waals surface area (Å²) in [7, 11) is 0. The Bertz CT molecular complexity index is 1010. The molecule has 0 fully saturated rings. The number of nitro benzene ring substituents is 1. The van der Waals surface area contributed by atoms with Gasteiger partial charge in [0.25, 0.3) is 5.69 Å². The summed E-state index contributed by atoms with van der Waals surface area (Å²) in [5, 5.41) is 10.7. The minimum Gasteiger partial charge on any atom is -0.490 e. The van der Waals surface area contributed by atoms with Gasteiger partial charge in [0.05, 0.1) is 17.2 Å². The first-order valence-corrected chi connectivity index (χ1v) is 9.29. The Balaban J connectivity index is 1.73. The molecule has 0 aliphatic rings. The van der Waals surface area contributed by atoms with E-state index in [1.807, 2.05) is 56.3 Å².